The summed E-state index contributed by atoms with van der Waals surface area (Å²) in [7, 11) is 0. The first-order chi connectivity index (χ1) is 14.6. The van der Waals surface area contributed by atoms with Gasteiger partial charge in [-0.15, -0.1) is 0 Å². The van der Waals surface area contributed by atoms with E-state index in [9.17, 15) is 9.59 Å². The zero-order valence-electron chi connectivity index (χ0n) is 17.5. The summed E-state index contributed by atoms with van der Waals surface area (Å²) in [6.45, 7) is 7.19. The van der Waals surface area contributed by atoms with Gasteiger partial charge in [-0.25, -0.2) is 0 Å². The third-order valence-electron chi connectivity index (χ3n) is 6.14. The Morgan fingerprint density at radius 2 is 1.63 bits per heavy atom. The van der Waals surface area contributed by atoms with Crippen molar-refractivity contribution in [1.82, 2.24) is 4.90 Å². The molecule has 1 saturated carbocycles. The van der Waals surface area contributed by atoms with E-state index in [2.05, 4.69) is 22.0 Å². The van der Waals surface area contributed by atoms with Crippen LogP contribution >= 0.6 is 0 Å². The first kappa shape index (κ1) is 20.4. The van der Waals surface area contributed by atoms with E-state index in [0.29, 0.717) is 5.69 Å². The average molecular weight is 408 g/mol. The summed E-state index contributed by atoms with van der Waals surface area (Å²) in [5.41, 5.74) is 2.26. The third kappa shape index (κ3) is 4.49. The Morgan fingerprint density at radius 1 is 0.967 bits per heavy atom. The van der Waals surface area contributed by atoms with Gasteiger partial charge in [0.05, 0.1) is 5.41 Å². The maximum Gasteiger partial charge on any atom is 0.317 e. The molecule has 1 N–H and O–H groups in total. The van der Waals surface area contributed by atoms with Gasteiger partial charge in [-0.3, -0.25) is 9.59 Å². The van der Waals surface area contributed by atoms with Crippen molar-refractivity contribution >= 4 is 23.3 Å². The Balaban J connectivity index is 1.26. The van der Waals surface area contributed by atoms with Gasteiger partial charge in [0.2, 0.25) is 0 Å². The Kier molecular flexibility index (Phi) is 6.04. The number of anilines is 2. The Hall–Kier alpha value is -2.86. The van der Waals surface area contributed by atoms with Crippen LogP contribution < -0.4 is 10.2 Å². The number of esters is 1. The molecule has 0 spiro atoms. The van der Waals surface area contributed by atoms with Crippen LogP contribution in [0, 0.1) is 0 Å². The fraction of sp³-hybridized carbons (Fsp3) is 0.417. The molecule has 0 atom stereocenters. The van der Waals surface area contributed by atoms with Crippen LogP contribution in [-0.4, -0.2) is 56.1 Å². The van der Waals surface area contributed by atoms with Crippen molar-refractivity contribution in [2.75, 3.05) is 49.5 Å². The van der Waals surface area contributed by atoms with E-state index in [1.807, 2.05) is 54.6 Å². The van der Waals surface area contributed by atoms with E-state index >= 15 is 0 Å². The molecule has 158 valence electrons. The van der Waals surface area contributed by atoms with Gasteiger partial charge in [-0.1, -0.05) is 37.3 Å². The first-order valence-corrected chi connectivity index (χ1v) is 10.7. The van der Waals surface area contributed by atoms with Gasteiger partial charge in [-0.2, -0.15) is 0 Å². The SMILES string of the molecule is CCN1CCN(c2ccc(NC(=O)COC(=O)C3(c4ccccc4)CC3)cc2)CC1. The molecule has 6 heteroatoms. The number of carbonyl (C=O) groups is 2. The molecule has 1 amide bonds. The van der Waals surface area contributed by atoms with Crippen molar-refractivity contribution in [1.29, 1.82) is 0 Å². The molecule has 0 radical (unpaired) electrons. The monoisotopic (exact) mass is 407 g/mol. The minimum atomic E-state index is -0.564. The number of benzene rings is 2. The average Bonchev–Trinajstić information content (AvgIpc) is 3.61. The van der Waals surface area contributed by atoms with Crippen LogP contribution in [0.4, 0.5) is 11.4 Å². The highest BCUT2D eigenvalue weighted by molar-refractivity contribution is 5.94. The van der Waals surface area contributed by atoms with Crippen molar-refractivity contribution in [3.05, 3.63) is 60.2 Å². The number of amides is 1. The van der Waals surface area contributed by atoms with E-state index in [1.54, 1.807) is 0 Å². The predicted molar refractivity (Wildman–Crippen MR) is 118 cm³/mol. The van der Waals surface area contributed by atoms with Gasteiger partial charge >= 0.3 is 5.97 Å². The topological polar surface area (TPSA) is 61.9 Å². The number of nitrogens with one attached hydrogen (secondary N) is 1. The number of carbonyl (C=O) groups excluding carboxylic acids is 2. The lowest BCUT2D eigenvalue weighted by Crippen LogP contribution is -2.46. The van der Waals surface area contributed by atoms with Gasteiger partial charge in [-0.05, 0) is 49.2 Å². The third-order valence-corrected chi connectivity index (χ3v) is 6.14. The summed E-state index contributed by atoms with van der Waals surface area (Å²) in [6.07, 6.45) is 1.54. The molecule has 0 bridgehead atoms. The molecule has 1 heterocycles. The highest BCUT2D eigenvalue weighted by atomic mass is 16.5. The van der Waals surface area contributed by atoms with E-state index in [-0.39, 0.29) is 18.5 Å². The predicted octanol–water partition coefficient (Wildman–Crippen LogP) is 3.04. The quantitative estimate of drug-likeness (QED) is 0.715. The molecular weight excluding hydrogens is 378 g/mol. The summed E-state index contributed by atoms with van der Waals surface area (Å²) < 4.78 is 5.33. The lowest BCUT2D eigenvalue weighted by atomic mass is 9.96. The lowest BCUT2D eigenvalue weighted by Gasteiger charge is -2.35. The van der Waals surface area contributed by atoms with Crippen molar-refractivity contribution in [2.24, 2.45) is 0 Å². The number of rotatable bonds is 7. The van der Waals surface area contributed by atoms with Crippen LogP contribution in [-0.2, 0) is 19.7 Å². The number of ether oxygens (including phenoxy) is 1. The van der Waals surface area contributed by atoms with E-state index < -0.39 is 5.41 Å². The summed E-state index contributed by atoms with van der Waals surface area (Å²) in [4.78, 5) is 29.6. The second-order valence-corrected chi connectivity index (χ2v) is 8.04. The van der Waals surface area contributed by atoms with Crippen LogP contribution in [0.15, 0.2) is 54.6 Å². The molecule has 2 aromatic carbocycles. The second-order valence-electron chi connectivity index (χ2n) is 8.04. The summed E-state index contributed by atoms with van der Waals surface area (Å²) in [6, 6.07) is 17.5. The van der Waals surface area contributed by atoms with Gasteiger partial charge < -0.3 is 19.9 Å². The maximum absolute atomic E-state index is 12.5. The zero-order chi connectivity index (χ0) is 21.0. The highest BCUT2D eigenvalue weighted by Gasteiger charge is 2.52. The molecule has 6 nitrogen and oxygen atoms in total. The Morgan fingerprint density at radius 3 is 2.23 bits per heavy atom. The fourth-order valence-corrected chi connectivity index (χ4v) is 4.04. The van der Waals surface area contributed by atoms with Crippen LogP contribution in [0.2, 0.25) is 0 Å². The minimum Gasteiger partial charge on any atom is -0.455 e. The molecule has 2 aromatic rings. The largest absolute Gasteiger partial charge is 0.455 e. The van der Waals surface area contributed by atoms with Crippen LogP contribution in [0.1, 0.15) is 25.3 Å². The Labute approximate surface area is 177 Å². The van der Waals surface area contributed by atoms with E-state index in [1.165, 1.54) is 0 Å². The number of hydrogen-bond donors (Lipinski definition) is 1. The van der Waals surface area contributed by atoms with Crippen LogP contribution in [0.5, 0.6) is 0 Å². The maximum atomic E-state index is 12.5. The fourth-order valence-electron chi connectivity index (χ4n) is 4.04. The van der Waals surface area contributed by atoms with Gasteiger partial charge in [0, 0.05) is 37.6 Å². The zero-order valence-corrected chi connectivity index (χ0v) is 17.5. The smallest absolute Gasteiger partial charge is 0.317 e. The molecule has 0 unspecified atom stereocenters. The molecule has 0 aromatic heterocycles. The number of likely N-dealkylation sites (N-methyl/N-ethyl adjacent to an activating group) is 1. The molecule has 1 aliphatic heterocycles. The molecule has 2 fully saturated rings. The summed E-state index contributed by atoms with van der Waals surface area (Å²) >= 11 is 0. The first-order valence-electron chi connectivity index (χ1n) is 10.7. The standard InChI is InChI=1S/C24H29N3O3/c1-2-26-14-16-27(17-15-26)21-10-8-20(9-11-21)25-22(28)18-30-23(29)24(12-13-24)19-6-4-3-5-7-19/h3-11H,2,12-18H2,1H3,(H,25,28). The molecule has 1 saturated heterocycles. The normalized spacial score (nSPS) is 18.0. The summed E-state index contributed by atoms with van der Waals surface area (Å²) in [5.74, 6) is -0.637. The van der Waals surface area contributed by atoms with Gasteiger partial charge in [0.25, 0.3) is 5.91 Å². The van der Waals surface area contributed by atoms with Crippen molar-refractivity contribution in [3.63, 3.8) is 0 Å². The molecule has 4 rings (SSSR count). The second kappa shape index (κ2) is 8.88. The molecular formula is C24H29N3O3. The van der Waals surface area contributed by atoms with Crippen LogP contribution in [0.25, 0.3) is 0 Å². The summed E-state index contributed by atoms with van der Waals surface area (Å²) in [5, 5.41) is 2.81. The lowest BCUT2D eigenvalue weighted by molar-refractivity contribution is -0.150. The number of nitrogens with zero attached hydrogens (tertiary/aromatic N) is 2. The Bertz CT molecular complexity index is 870. The van der Waals surface area contributed by atoms with Crippen molar-refractivity contribution in [2.45, 2.75) is 25.2 Å². The van der Waals surface area contributed by atoms with Gasteiger partial charge in [0.15, 0.2) is 6.61 Å². The number of piperazine rings is 1. The minimum absolute atomic E-state index is 0.270. The highest BCUT2D eigenvalue weighted by Crippen LogP contribution is 2.49. The van der Waals surface area contributed by atoms with Gasteiger partial charge in [0.1, 0.15) is 0 Å². The van der Waals surface area contributed by atoms with E-state index in [4.69, 9.17) is 4.74 Å². The molecule has 30 heavy (non-hydrogen) atoms. The van der Waals surface area contributed by atoms with Crippen molar-refractivity contribution in [3.8, 4) is 0 Å². The molecule has 2 aliphatic rings. The number of hydrogen-bond acceptors (Lipinski definition) is 5. The molecule has 1 aliphatic carbocycles. The van der Waals surface area contributed by atoms with Crippen LogP contribution in [0.3, 0.4) is 0 Å². The van der Waals surface area contributed by atoms with E-state index in [0.717, 1.165) is 56.8 Å². The van der Waals surface area contributed by atoms with Crippen molar-refractivity contribution < 1.29 is 14.3 Å².